The zero-order chi connectivity index (χ0) is 11.6. The fourth-order valence-electron chi connectivity index (χ4n) is 1.30. The molecule has 0 atom stereocenters. The monoisotopic (exact) mass is 291 g/mol. The summed E-state index contributed by atoms with van der Waals surface area (Å²) in [4.78, 5) is 0. The Kier molecular flexibility index (Phi) is 3.78. The minimum Gasteiger partial charge on any atom is -0.283 e. The standard InChI is InChI=1S/C10H14BrNO2S/c1-4-15(13,14)12-10-7(2)5-9(11)6-8(10)3/h5-6,12H,4H2,1-3H3. The molecule has 1 N–H and O–H groups in total. The average molecular weight is 292 g/mol. The molecule has 0 heterocycles. The van der Waals surface area contributed by atoms with Gasteiger partial charge in [-0.1, -0.05) is 15.9 Å². The SMILES string of the molecule is CCS(=O)(=O)Nc1c(C)cc(Br)cc1C. The molecule has 0 saturated heterocycles. The molecule has 0 radical (unpaired) electrons. The predicted octanol–water partition coefficient (Wildman–Crippen LogP) is 2.83. The summed E-state index contributed by atoms with van der Waals surface area (Å²) in [6.07, 6.45) is 0. The normalized spacial score (nSPS) is 11.5. The zero-order valence-electron chi connectivity index (χ0n) is 8.96. The third kappa shape index (κ3) is 3.21. The van der Waals surface area contributed by atoms with Crippen LogP contribution >= 0.6 is 15.9 Å². The van der Waals surface area contributed by atoms with Crippen LogP contribution in [0.15, 0.2) is 16.6 Å². The van der Waals surface area contributed by atoms with Gasteiger partial charge >= 0.3 is 0 Å². The molecule has 1 aromatic rings. The maximum atomic E-state index is 11.4. The van der Waals surface area contributed by atoms with E-state index in [0.717, 1.165) is 15.6 Å². The average Bonchev–Trinajstić information content (AvgIpc) is 2.11. The molecule has 0 bridgehead atoms. The van der Waals surface area contributed by atoms with Crippen LogP contribution in [0, 0.1) is 13.8 Å². The second-order valence-electron chi connectivity index (χ2n) is 3.42. The van der Waals surface area contributed by atoms with E-state index < -0.39 is 10.0 Å². The van der Waals surface area contributed by atoms with E-state index in [1.165, 1.54) is 0 Å². The van der Waals surface area contributed by atoms with Crippen LogP contribution in [-0.2, 0) is 10.0 Å². The van der Waals surface area contributed by atoms with Crippen molar-refractivity contribution >= 4 is 31.6 Å². The predicted molar refractivity (Wildman–Crippen MR) is 66.7 cm³/mol. The van der Waals surface area contributed by atoms with Crippen LogP contribution in [-0.4, -0.2) is 14.2 Å². The van der Waals surface area contributed by atoms with Crippen molar-refractivity contribution < 1.29 is 8.42 Å². The highest BCUT2D eigenvalue weighted by Gasteiger charge is 2.11. The lowest BCUT2D eigenvalue weighted by molar-refractivity contribution is 0.602. The molecule has 1 aromatic carbocycles. The summed E-state index contributed by atoms with van der Waals surface area (Å²) >= 11 is 3.37. The minimum absolute atomic E-state index is 0.0853. The van der Waals surface area contributed by atoms with Crippen molar-refractivity contribution in [2.75, 3.05) is 10.5 Å². The van der Waals surface area contributed by atoms with Gasteiger partial charge in [-0.25, -0.2) is 8.42 Å². The van der Waals surface area contributed by atoms with Gasteiger partial charge in [-0.15, -0.1) is 0 Å². The lowest BCUT2D eigenvalue weighted by Gasteiger charge is -2.12. The van der Waals surface area contributed by atoms with E-state index in [0.29, 0.717) is 5.69 Å². The van der Waals surface area contributed by atoms with Gasteiger partial charge in [0.2, 0.25) is 10.0 Å². The summed E-state index contributed by atoms with van der Waals surface area (Å²) in [7, 11) is -3.20. The highest BCUT2D eigenvalue weighted by atomic mass is 79.9. The van der Waals surface area contributed by atoms with E-state index in [2.05, 4.69) is 20.7 Å². The molecule has 0 aliphatic heterocycles. The molecule has 0 aliphatic rings. The van der Waals surface area contributed by atoms with Gasteiger partial charge in [0.1, 0.15) is 0 Å². The molecule has 3 nitrogen and oxygen atoms in total. The van der Waals surface area contributed by atoms with Gasteiger partial charge < -0.3 is 0 Å². The summed E-state index contributed by atoms with van der Waals surface area (Å²) < 4.78 is 26.4. The first-order valence-corrected chi connectivity index (χ1v) is 7.07. The Morgan fingerprint density at radius 1 is 1.27 bits per heavy atom. The van der Waals surface area contributed by atoms with Crippen LogP contribution in [0.4, 0.5) is 5.69 Å². The zero-order valence-corrected chi connectivity index (χ0v) is 11.4. The maximum absolute atomic E-state index is 11.4. The third-order valence-electron chi connectivity index (χ3n) is 2.14. The highest BCUT2D eigenvalue weighted by Crippen LogP contribution is 2.25. The van der Waals surface area contributed by atoms with Crippen molar-refractivity contribution in [3.05, 3.63) is 27.7 Å². The summed E-state index contributed by atoms with van der Waals surface area (Å²) in [6, 6.07) is 3.78. The number of rotatable bonds is 3. The Bertz CT molecular complexity index is 445. The quantitative estimate of drug-likeness (QED) is 0.931. The Labute approximate surface area is 99.1 Å². The molecular weight excluding hydrogens is 278 g/mol. The van der Waals surface area contributed by atoms with Crippen molar-refractivity contribution in [2.45, 2.75) is 20.8 Å². The number of halogens is 1. The van der Waals surface area contributed by atoms with E-state index >= 15 is 0 Å². The number of nitrogens with one attached hydrogen (secondary N) is 1. The smallest absolute Gasteiger partial charge is 0.232 e. The van der Waals surface area contributed by atoms with Crippen LogP contribution in [0.5, 0.6) is 0 Å². The highest BCUT2D eigenvalue weighted by molar-refractivity contribution is 9.10. The van der Waals surface area contributed by atoms with Crippen LogP contribution in [0.1, 0.15) is 18.1 Å². The van der Waals surface area contributed by atoms with Gasteiger partial charge in [0.05, 0.1) is 11.4 Å². The van der Waals surface area contributed by atoms with Crippen molar-refractivity contribution in [1.29, 1.82) is 0 Å². The van der Waals surface area contributed by atoms with Crippen molar-refractivity contribution in [3.8, 4) is 0 Å². The van der Waals surface area contributed by atoms with Gasteiger partial charge in [-0.2, -0.15) is 0 Å². The van der Waals surface area contributed by atoms with Gasteiger partial charge in [0.25, 0.3) is 0 Å². The van der Waals surface area contributed by atoms with E-state index in [4.69, 9.17) is 0 Å². The summed E-state index contributed by atoms with van der Waals surface area (Å²) in [5.74, 6) is 0.0853. The summed E-state index contributed by atoms with van der Waals surface area (Å²) in [6.45, 7) is 5.38. The Morgan fingerprint density at radius 3 is 2.13 bits per heavy atom. The first-order chi connectivity index (χ1) is 6.85. The minimum atomic E-state index is -3.20. The maximum Gasteiger partial charge on any atom is 0.232 e. The van der Waals surface area contributed by atoms with E-state index in [-0.39, 0.29) is 5.75 Å². The molecule has 84 valence electrons. The molecule has 0 amide bonds. The van der Waals surface area contributed by atoms with E-state index in [9.17, 15) is 8.42 Å². The number of anilines is 1. The van der Waals surface area contributed by atoms with E-state index in [1.54, 1.807) is 6.92 Å². The second kappa shape index (κ2) is 4.53. The Morgan fingerprint density at radius 2 is 1.73 bits per heavy atom. The molecule has 1 rings (SSSR count). The fraction of sp³-hybridized carbons (Fsp3) is 0.400. The molecule has 0 aliphatic carbocycles. The Balaban J connectivity index is 3.17. The lowest BCUT2D eigenvalue weighted by atomic mass is 10.1. The first-order valence-electron chi connectivity index (χ1n) is 4.63. The molecule has 0 spiro atoms. The molecule has 5 heteroatoms. The van der Waals surface area contributed by atoms with Crippen molar-refractivity contribution in [3.63, 3.8) is 0 Å². The largest absolute Gasteiger partial charge is 0.283 e. The van der Waals surface area contributed by atoms with Crippen LogP contribution < -0.4 is 4.72 Å². The fourth-order valence-corrected chi connectivity index (χ4v) is 2.76. The number of aryl methyl sites for hydroxylation is 2. The number of sulfonamides is 1. The summed E-state index contributed by atoms with van der Waals surface area (Å²) in [5, 5.41) is 0. The second-order valence-corrected chi connectivity index (χ2v) is 6.35. The number of benzene rings is 1. The lowest BCUT2D eigenvalue weighted by Crippen LogP contribution is -2.16. The van der Waals surface area contributed by atoms with Gasteiger partial charge in [0, 0.05) is 4.47 Å². The number of hydrogen-bond donors (Lipinski definition) is 1. The van der Waals surface area contributed by atoms with Gasteiger partial charge in [0.15, 0.2) is 0 Å². The topological polar surface area (TPSA) is 46.2 Å². The first kappa shape index (κ1) is 12.5. The molecule has 0 saturated carbocycles. The van der Waals surface area contributed by atoms with Crippen LogP contribution in [0.3, 0.4) is 0 Å². The van der Waals surface area contributed by atoms with Crippen molar-refractivity contribution in [1.82, 2.24) is 0 Å². The third-order valence-corrected chi connectivity index (χ3v) is 3.87. The van der Waals surface area contributed by atoms with Gasteiger partial charge in [-0.3, -0.25) is 4.72 Å². The molecule has 0 fully saturated rings. The summed E-state index contributed by atoms with van der Waals surface area (Å²) in [5.41, 5.74) is 2.51. The molecule has 0 aromatic heterocycles. The van der Waals surface area contributed by atoms with Crippen molar-refractivity contribution in [2.24, 2.45) is 0 Å². The Hall–Kier alpha value is -0.550. The van der Waals surface area contributed by atoms with Gasteiger partial charge in [-0.05, 0) is 44.0 Å². The molecule has 0 unspecified atom stereocenters. The molecule has 15 heavy (non-hydrogen) atoms. The van der Waals surface area contributed by atoms with Crippen LogP contribution in [0.25, 0.3) is 0 Å². The van der Waals surface area contributed by atoms with Crippen LogP contribution in [0.2, 0.25) is 0 Å². The van der Waals surface area contributed by atoms with E-state index in [1.807, 2.05) is 26.0 Å². The molecular formula is C10H14BrNO2S. The number of hydrogen-bond acceptors (Lipinski definition) is 2.